The van der Waals surface area contributed by atoms with Crippen molar-refractivity contribution in [1.29, 1.82) is 0 Å². The Hall–Kier alpha value is -1.60. The van der Waals surface area contributed by atoms with E-state index in [0.29, 0.717) is 0 Å². The number of hydrogen-bond donors (Lipinski definition) is 3. The Balaban J connectivity index is 2.93. The molecule has 0 heterocycles. The molecule has 0 aliphatic carbocycles. The fraction of sp³-hybridized carbons (Fsp3) is 0.300. The largest absolute Gasteiger partial charge is 0.388 e. The van der Waals surface area contributed by atoms with Crippen LogP contribution >= 0.6 is 0 Å². The van der Waals surface area contributed by atoms with E-state index in [1.165, 1.54) is 19.1 Å². The molecule has 4 N–H and O–H groups in total. The summed E-state index contributed by atoms with van der Waals surface area (Å²) in [6, 6.07) is 5.21. The number of rotatable bonds is 5. The van der Waals surface area contributed by atoms with Crippen molar-refractivity contribution in [3.63, 3.8) is 0 Å². The highest BCUT2D eigenvalue weighted by atomic mass is 32.2. The van der Waals surface area contributed by atoms with Gasteiger partial charge in [0.25, 0.3) is 0 Å². The summed E-state index contributed by atoms with van der Waals surface area (Å²) in [7, 11) is -1.98. The molecule has 0 aliphatic rings. The van der Waals surface area contributed by atoms with E-state index in [0.717, 1.165) is 5.69 Å². The van der Waals surface area contributed by atoms with Crippen LogP contribution in [0.2, 0.25) is 0 Å². The van der Waals surface area contributed by atoms with E-state index in [2.05, 4.69) is 10.0 Å². The molecule has 0 aromatic heterocycles. The topological polar surface area (TPSA) is 101 Å². The lowest BCUT2D eigenvalue weighted by atomic mass is 10.3. The maximum Gasteiger partial charge on any atom is 0.241 e. The Morgan fingerprint density at radius 2 is 1.82 bits per heavy atom. The number of amides is 1. The van der Waals surface area contributed by atoms with Crippen LogP contribution in [0.4, 0.5) is 5.69 Å². The number of sulfonamides is 1. The van der Waals surface area contributed by atoms with Gasteiger partial charge in [0.15, 0.2) is 0 Å². The molecule has 0 saturated carbocycles. The van der Waals surface area contributed by atoms with Crippen molar-refractivity contribution in [2.24, 2.45) is 5.73 Å². The van der Waals surface area contributed by atoms with Crippen LogP contribution in [0.15, 0.2) is 29.2 Å². The lowest BCUT2D eigenvalue weighted by Gasteiger charge is -2.11. The fourth-order valence-corrected chi connectivity index (χ4v) is 2.37. The minimum Gasteiger partial charge on any atom is -0.388 e. The second-order valence-electron chi connectivity index (χ2n) is 3.52. The number of carbonyl (C=O) groups excluding carboxylic acids is 1. The van der Waals surface area contributed by atoms with Crippen LogP contribution in [0, 0.1) is 0 Å². The molecule has 1 aromatic rings. The molecule has 7 heteroatoms. The smallest absolute Gasteiger partial charge is 0.241 e. The van der Waals surface area contributed by atoms with Gasteiger partial charge in [-0.15, -0.1) is 0 Å². The highest BCUT2D eigenvalue weighted by Crippen LogP contribution is 2.13. The highest BCUT2D eigenvalue weighted by molar-refractivity contribution is 7.89. The number of primary amides is 1. The Morgan fingerprint density at radius 1 is 1.29 bits per heavy atom. The summed E-state index contributed by atoms with van der Waals surface area (Å²) < 4.78 is 25.8. The maximum atomic E-state index is 11.8. The third-order valence-corrected chi connectivity index (χ3v) is 3.77. The first-order chi connectivity index (χ1) is 7.86. The van der Waals surface area contributed by atoms with Gasteiger partial charge in [-0.25, -0.2) is 8.42 Å². The summed E-state index contributed by atoms with van der Waals surface area (Å²) in [6.07, 6.45) is 0. The van der Waals surface area contributed by atoms with E-state index in [1.807, 2.05) is 0 Å². The lowest BCUT2D eigenvalue weighted by molar-refractivity contribution is -0.119. The summed E-state index contributed by atoms with van der Waals surface area (Å²) in [6.45, 7) is 1.39. The van der Waals surface area contributed by atoms with E-state index in [-0.39, 0.29) is 4.90 Å². The molecule has 0 spiro atoms. The number of nitrogens with two attached hydrogens (primary N) is 1. The van der Waals surface area contributed by atoms with Crippen molar-refractivity contribution in [2.75, 3.05) is 12.4 Å². The zero-order valence-electron chi connectivity index (χ0n) is 9.60. The van der Waals surface area contributed by atoms with Gasteiger partial charge in [-0.2, -0.15) is 4.72 Å². The van der Waals surface area contributed by atoms with E-state index in [4.69, 9.17) is 5.73 Å². The van der Waals surface area contributed by atoms with Gasteiger partial charge >= 0.3 is 0 Å². The molecule has 0 saturated heterocycles. The molecule has 1 amide bonds. The normalized spacial score (nSPS) is 13.1. The van der Waals surface area contributed by atoms with Crippen LogP contribution < -0.4 is 15.8 Å². The Morgan fingerprint density at radius 3 is 2.24 bits per heavy atom. The standard InChI is InChI=1S/C10H15N3O3S/c1-7(10(11)14)13-17(15,16)9-5-3-8(12-2)4-6-9/h3-7,12-13H,1-2H3,(H2,11,14). The van der Waals surface area contributed by atoms with Crippen LogP contribution in [0.5, 0.6) is 0 Å². The average molecular weight is 257 g/mol. The summed E-state index contributed by atoms with van der Waals surface area (Å²) in [5.41, 5.74) is 5.79. The Kier molecular flexibility index (Phi) is 4.08. The summed E-state index contributed by atoms with van der Waals surface area (Å²) in [5.74, 6) is -0.722. The average Bonchev–Trinajstić information content (AvgIpc) is 2.28. The Bertz CT molecular complexity index is 496. The van der Waals surface area contributed by atoms with E-state index in [9.17, 15) is 13.2 Å². The van der Waals surface area contributed by atoms with Gasteiger partial charge in [0.2, 0.25) is 15.9 Å². The van der Waals surface area contributed by atoms with Crippen LogP contribution in [0.1, 0.15) is 6.92 Å². The van der Waals surface area contributed by atoms with E-state index in [1.54, 1.807) is 19.2 Å². The van der Waals surface area contributed by atoms with Crippen molar-refractivity contribution in [3.8, 4) is 0 Å². The molecule has 1 atom stereocenters. The minimum absolute atomic E-state index is 0.0876. The maximum absolute atomic E-state index is 11.8. The molecular weight excluding hydrogens is 242 g/mol. The fourth-order valence-electron chi connectivity index (χ4n) is 1.16. The van der Waals surface area contributed by atoms with Gasteiger partial charge in [-0.3, -0.25) is 4.79 Å². The molecule has 0 aliphatic heterocycles. The van der Waals surface area contributed by atoms with Gasteiger partial charge < -0.3 is 11.1 Å². The van der Waals surface area contributed by atoms with Gasteiger partial charge in [-0.05, 0) is 31.2 Å². The van der Waals surface area contributed by atoms with E-state index >= 15 is 0 Å². The second kappa shape index (κ2) is 5.15. The number of benzene rings is 1. The van der Waals surface area contributed by atoms with Crippen LogP contribution in [-0.2, 0) is 14.8 Å². The molecular formula is C10H15N3O3S. The molecule has 0 radical (unpaired) electrons. The Labute approximate surface area is 100 Å². The van der Waals surface area contributed by atoms with E-state index < -0.39 is 22.0 Å². The molecule has 1 unspecified atom stereocenters. The predicted octanol–water partition coefficient (Wildman–Crippen LogP) is -0.120. The molecule has 1 rings (SSSR count). The van der Waals surface area contributed by atoms with Gasteiger partial charge in [0, 0.05) is 12.7 Å². The first kappa shape index (κ1) is 13.5. The van der Waals surface area contributed by atoms with Crippen molar-refractivity contribution in [3.05, 3.63) is 24.3 Å². The van der Waals surface area contributed by atoms with Crippen molar-refractivity contribution in [2.45, 2.75) is 17.9 Å². The number of nitrogens with one attached hydrogen (secondary N) is 2. The summed E-state index contributed by atoms with van der Waals surface area (Å²) in [4.78, 5) is 10.9. The third kappa shape index (κ3) is 3.43. The summed E-state index contributed by atoms with van der Waals surface area (Å²) >= 11 is 0. The first-order valence-electron chi connectivity index (χ1n) is 4.96. The quantitative estimate of drug-likeness (QED) is 0.684. The van der Waals surface area contributed by atoms with Crippen LogP contribution in [-0.4, -0.2) is 27.4 Å². The first-order valence-corrected chi connectivity index (χ1v) is 6.44. The molecule has 17 heavy (non-hydrogen) atoms. The zero-order valence-corrected chi connectivity index (χ0v) is 10.4. The minimum atomic E-state index is -3.71. The van der Waals surface area contributed by atoms with Crippen LogP contribution in [0.3, 0.4) is 0 Å². The summed E-state index contributed by atoms with van der Waals surface area (Å²) in [5, 5.41) is 2.88. The predicted molar refractivity (Wildman–Crippen MR) is 65.0 cm³/mol. The molecule has 94 valence electrons. The monoisotopic (exact) mass is 257 g/mol. The van der Waals surface area contributed by atoms with Crippen molar-refractivity contribution in [1.82, 2.24) is 4.72 Å². The molecule has 1 aromatic carbocycles. The second-order valence-corrected chi connectivity index (χ2v) is 5.23. The zero-order chi connectivity index (χ0) is 13.1. The van der Waals surface area contributed by atoms with Crippen LogP contribution in [0.25, 0.3) is 0 Å². The molecule has 0 bridgehead atoms. The molecule has 6 nitrogen and oxygen atoms in total. The van der Waals surface area contributed by atoms with Gasteiger partial charge in [0.05, 0.1) is 10.9 Å². The van der Waals surface area contributed by atoms with Crippen molar-refractivity contribution >= 4 is 21.6 Å². The van der Waals surface area contributed by atoms with Gasteiger partial charge in [0.1, 0.15) is 0 Å². The molecule has 0 fully saturated rings. The number of anilines is 1. The third-order valence-electron chi connectivity index (χ3n) is 2.21. The lowest BCUT2D eigenvalue weighted by Crippen LogP contribution is -2.42. The highest BCUT2D eigenvalue weighted by Gasteiger charge is 2.19. The SMILES string of the molecule is CNc1ccc(S(=O)(=O)NC(C)C(N)=O)cc1. The van der Waals surface area contributed by atoms with Crippen molar-refractivity contribution < 1.29 is 13.2 Å². The van der Waals surface area contributed by atoms with Gasteiger partial charge in [-0.1, -0.05) is 0 Å². The number of carbonyl (C=O) groups is 1. The number of hydrogen-bond acceptors (Lipinski definition) is 4.